The molecule has 0 bridgehead atoms. The predicted molar refractivity (Wildman–Crippen MR) is 166 cm³/mol. The molecule has 1 saturated heterocycles. The molecule has 4 heterocycles. The Labute approximate surface area is 249 Å². The van der Waals surface area contributed by atoms with Gasteiger partial charge in [-0.15, -0.1) is 6.42 Å². The highest BCUT2D eigenvalue weighted by Gasteiger charge is 2.30. The van der Waals surface area contributed by atoms with Crippen molar-refractivity contribution in [2.24, 2.45) is 0 Å². The van der Waals surface area contributed by atoms with Gasteiger partial charge in [0.2, 0.25) is 5.91 Å². The molecule has 0 spiro atoms. The van der Waals surface area contributed by atoms with Gasteiger partial charge in [-0.2, -0.15) is 0 Å². The summed E-state index contributed by atoms with van der Waals surface area (Å²) in [5, 5.41) is 0.307. The summed E-state index contributed by atoms with van der Waals surface area (Å²) in [6, 6.07) is 8.93. The summed E-state index contributed by atoms with van der Waals surface area (Å²) < 4.78 is 32.4. The maximum atomic E-state index is 16.0. The number of carbonyl (C=O) groups is 1. The van der Waals surface area contributed by atoms with Gasteiger partial charge < -0.3 is 9.80 Å². The SMILES string of the molecule is C#Cc1c(N2CCN(C(=O)C=C)CC2)c2cc(F)c(-c3ccccc3F)nc2n(-c2c(C(C)C)ccnc2C(C)C)c1=O. The third-order valence-electron chi connectivity index (χ3n) is 7.81. The van der Waals surface area contributed by atoms with Gasteiger partial charge in [0.25, 0.3) is 5.56 Å². The molecule has 9 heteroatoms. The highest BCUT2D eigenvalue weighted by molar-refractivity contribution is 5.96. The van der Waals surface area contributed by atoms with Crippen LogP contribution in [-0.4, -0.2) is 51.5 Å². The van der Waals surface area contributed by atoms with Gasteiger partial charge in [-0.1, -0.05) is 52.3 Å². The maximum Gasteiger partial charge on any atom is 0.274 e. The van der Waals surface area contributed by atoms with Gasteiger partial charge in [-0.25, -0.2) is 13.8 Å². The van der Waals surface area contributed by atoms with Gasteiger partial charge >= 0.3 is 0 Å². The van der Waals surface area contributed by atoms with Crippen molar-refractivity contribution in [2.45, 2.75) is 39.5 Å². The molecule has 1 aliphatic rings. The molecule has 0 aliphatic carbocycles. The van der Waals surface area contributed by atoms with Gasteiger partial charge in [-0.05, 0) is 47.7 Å². The summed E-state index contributed by atoms with van der Waals surface area (Å²) in [5.74, 6) is 0.901. The molecular weight excluding hydrogens is 548 g/mol. The molecule has 0 N–H and O–H groups in total. The number of hydrogen-bond acceptors (Lipinski definition) is 5. The van der Waals surface area contributed by atoms with Crippen LogP contribution in [0.3, 0.4) is 0 Å². The molecule has 3 aromatic heterocycles. The van der Waals surface area contributed by atoms with E-state index in [9.17, 15) is 14.0 Å². The summed E-state index contributed by atoms with van der Waals surface area (Å²) in [5.41, 5.74) is 1.81. The molecule has 43 heavy (non-hydrogen) atoms. The molecule has 1 aromatic carbocycles. The van der Waals surface area contributed by atoms with Crippen LogP contribution in [0.5, 0.6) is 0 Å². The van der Waals surface area contributed by atoms with E-state index in [2.05, 4.69) is 22.5 Å². The standard InChI is InChI=1S/C34H33F2N5O2/c1-7-22-31(40-17-15-39(16-18-40)28(42)8-2)25-19-27(36)30(24-11-9-10-12-26(24)35)38-33(25)41(34(22)43)32-23(20(3)4)13-14-37-29(32)21(5)6/h1,8-14,19-21H,2,15-18H2,3-6H3. The first-order chi connectivity index (χ1) is 20.6. The largest absolute Gasteiger partial charge is 0.366 e. The van der Waals surface area contributed by atoms with Crippen LogP contribution >= 0.6 is 0 Å². The van der Waals surface area contributed by atoms with Crippen molar-refractivity contribution in [3.05, 3.63) is 94.1 Å². The van der Waals surface area contributed by atoms with Crippen LogP contribution in [0.15, 0.2) is 60.0 Å². The zero-order valence-corrected chi connectivity index (χ0v) is 24.7. The van der Waals surface area contributed by atoms with Crippen LogP contribution in [0.25, 0.3) is 28.0 Å². The minimum atomic E-state index is -0.758. The van der Waals surface area contributed by atoms with E-state index in [0.717, 1.165) is 5.56 Å². The van der Waals surface area contributed by atoms with Crippen LogP contribution in [-0.2, 0) is 4.79 Å². The third kappa shape index (κ3) is 5.18. The number of anilines is 1. The summed E-state index contributed by atoms with van der Waals surface area (Å²) in [6.07, 6.45) is 8.99. The lowest BCUT2D eigenvalue weighted by Gasteiger charge is -2.37. The zero-order valence-electron chi connectivity index (χ0n) is 24.7. The first-order valence-electron chi connectivity index (χ1n) is 14.2. The van der Waals surface area contributed by atoms with E-state index >= 15 is 4.39 Å². The highest BCUT2D eigenvalue weighted by atomic mass is 19.1. The van der Waals surface area contributed by atoms with E-state index in [1.54, 1.807) is 17.2 Å². The Bertz CT molecular complexity index is 1820. The van der Waals surface area contributed by atoms with E-state index in [0.29, 0.717) is 48.6 Å². The number of aromatic nitrogens is 3. The van der Waals surface area contributed by atoms with Crippen molar-refractivity contribution in [1.82, 2.24) is 19.4 Å². The number of nitrogens with zero attached hydrogens (tertiary/aromatic N) is 5. The Balaban J connectivity index is 1.91. The smallest absolute Gasteiger partial charge is 0.274 e. The minimum Gasteiger partial charge on any atom is -0.366 e. The number of terminal acetylenes is 1. The molecule has 4 aromatic rings. The Kier molecular flexibility index (Phi) is 8.14. The number of hydrogen-bond donors (Lipinski definition) is 0. The van der Waals surface area contributed by atoms with E-state index in [1.807, 2.05) is 38.7 Å². The van der Waals surface area contributed by atoms with Gasteiger partial charge in [-0.3, -0.25) is 19.1 Å². The lowest BCUT2D eigenvalue weighted by molar-refractivity contribution is -0.126. The molecule has 0 atom stereocenters. The second-order valence-corrected chi connectivity index (χ2v) is 11.1. The molecule has 5 rings (SSSR count). The lowest BCUT2D eigenvalue weighted by atomic mass is 9.96. The number of pyridine rings is 3. The summed E-state index contributed by atoms with van der Waals surface area (Å²) in [4.78, 5) is 39.6. The number of fused-ring (bicyclic) bond motifs is 1. The van der Waals surface area contributed by atoms with Gasteiger partial charge in [0.05, 0.1) is 17.1 Å². The van der Waals surface area contributed by atoms with Crippen molar-refractivity contribution in [2.75, 3.05) is 31.1 Å². The topological polar surface area (TPSA) is 71.3 Å². The Morgan fingerprint density at radius 2 is 1.72 bits per heavy atom. The molecular formula is C34H33F2N5O2. The van der Waals surface area contributed by atoms with Crippen LogP contribution in [0.2, 0.25) is 0 Å². The number of carbonyl (C=O) groups excluding carboxylic acids is 1. The Hall–Kier alpha value is -4.84. The average Bonchev–Trinajstić information content (AvgIpc) is 3.00. The van der Waals surface area contributed by atoms with Crippen LogP contribution < -0.4 is 10.5 Å². The quantitative estimate of drug-likeness (QED) is 0.213. The van der Waals surface area contributed by atoms with Gasteiger partial charge in [0.1, 0.15) is 22.9 Å². The first-order valence-corrected chi connectivity index (χ1v) is 14.2. The van der Waals surface area contributed by atoms with E-state index < -0.39 is 17.2 Å². The molecule has 1 fully saturated rings. The van der Waals surface area contributed by atoms with Crippen molar-refractivity contribution in [3.63, 3.8) is 0 Å². The monoisotopic (exact) mass is 581 g/mol. The minimum absolute atomic E-state index is 0.00614. The van der Waals surface area contributed by atoms with Crippen molar-refractivity contribution in [3.8, 4) is 29.3 Å². The van der Waals surface area contributed by atoms with E-state index in [-0.39, 0.29) is 40.2 Å². The molecule has 0 unspecified atom stereocenters. The van der Waals surface area contributed by atoms with Crippen LogP contribution in [0, 0.1) is 24.0 Å². The molecule has 1 aliphatic heterocycles. The third-order valence-corrected chi connectivity index (χ3v) is 7.81. The summed E-state index contributed by atoms with van der Waals surface area (Å²) >= 11 is 0. The zero-order chi connectivity index (χ0) is 31.0. The van der Waals surface area contributed by atoms with Crippen LogP contribution in [0.1, 0.15) is 56.4 Å². The van der Waals surface area contributed by atoms with Crippen molar-refractivity contribution < 1.29 is 13.6 Å². The van der Waals surface area contributed by atoms with Gasteiger partial charge in [0.15, 0.2) is 5.65 Å². The Morgan fingerprint density at radius 1 is 1.02 bits per heavy atom. The number of halogens is 2. The summed E-state index contributed by atoms with van der Waals surface area (Å²) in [7, 11) is 0. The van der Waals surface area contributed by atoms with Gasteiger partial charge in [0, 0.05) is 43.3 Å². The second kappa shape index (κ2) is 11.8. The molecule has 7 nitrogen and oxygen atoms in total. The summed E-state index contributed by atoms with van der Waals surface area (Å²) in [6.45, 7) is 13.0. The number of amides is 1. The Morgan fingerprint density at radius 3 is 2.33 bits per heavy atom. The normalized spacial score (nSPS) is 13.6. The van der Waals surface area contributed by atoms with Crippen LogP contribution in [0.4, 0.5) is 14.5 Å². The average molecular weight is 582 g/mol. The number of benzene rings is 1. The molecule has 0 radical (unpaired) electrons. The first kappa shape index (κ1) is 29.6. The van der Waals surface area contributed by atoms with E-state index in [1.165, 1.54) is 34.9 Å². The number of piperazine rings is 1. The molecule has 0 saturated carbocycles. The fourth-order valence-corrected chi connectivity index (χ4v) is 5.67. The second-order valence-electron chi connectivity index (χ2n) is 11.1. The highest BCUT2D eigenvalue weighted by Crippen LogP contribution is 2.37. The fourth-order valence-electron chi connectivity index (χ4n) is 5.67. The molecule has 220 valence electrons. The lowest BCUT2D eigenvalue weighted by Crippen LogP contribution is -2.49. The molecule has 1 amide bonds. The van der Waals surface area contributed by atoms with Crippen molar-refractivity contribution in [1.29, 1.82) is 0 Å². The fraction of sp³-hybridized carbons (Fsp3) is 0.294. The maximum absolute atomic E-state index is 16.0. The van der Waals surface area contributed by atoms with E-state index in [4.69, 9.17) is 6.42 Å². The predicted octanol–water partition coefficient (Wildman–Crippen LogP) is 5.79. The van der Waals surface area contributed by atoms with Crippen molar-refractivity contribution >= 4 is 22.6 Å². The number of rotatable bonds is 6.